The lowest BCUT2D eigenvalue weighted by Gasteiger charge is -1.93. The van der Waals surface area contributed by atoms with Crippen LogP contribution in [0.3, 0.4) is 0 Å². The van der Waals surface area contributed by atoms with Crippen molar-refractivity contribution in [1.82, 2.24) is 20.4 Å². The number of aromatic nitrogens is 4. The van der Waals surface area contributed by atoms with Gasteiger partial charge in [-0.3, -0.25) is 9.89 Å². The fourth-order valence-electron chi connectivity index (χ4n) is 1.26. The molecule has 2 heterocycles. The molecule has 0 saturated heterocycles. The van der Waals surface area contributed by atoms with Gasteiger partial charge in [-0.1, -0.05) is 23.4 Å². The number of nitrogens with one attached hydrogen (secondary N) is 2. The summed E-state index contributed by atoms with van der Waals surface area (Å²) in [4.78, 5) is 13.6. The number of pyridine rings is 1. The molecule has 0 fully saturated rings. The summed E-state index contributed by atoms with van der Waals surface area (Å²) >= 11 is 0. The zero-order valence-electron chi connectivity index (χ0n) is 8.42. The van der Waals surface area contributed by atoms with Crippen molar-refractivity contribution in [3.05, 3.63) is 59.1 Å². The van der Waals surface area contributed by atoms with Gasteiger partial charge in [0.2, 0.25) is 5.56 Å². The largest absolute Gasteiger partial charge is 0.322 e. The van der Waals surface area contributed by atoms with Crippen LogP contribution in [-0.2, 0) is 0 Å². The molecule has 2 N–H and O–H groups in total. The van der Waals surface area contributed by atoms with Crippen molar-refractivity contribution >= 4 is 10.9 Å². The first-order valence-electron chi connectivity index (χ1n) is 4.75. The first kappa shape index (κ1) is 10.1. The molecule has 1 aromatic carbocycles. The van der Waals surface area contributed by atoms with Gasteiger partial charge in [0.15, 0.2) is 0 Å². The van der Waals surface area contributed by atoms with Crippen molar-refractivity contribution in [3.8, 4) is 0 Å². The number of H-pyrrole nitrogens is 2. The Morgan fingerprint density at radius 2 is 1.94 bits per heavy atom. The van der Waals surface area contributed by atoms with Crippen molar-refractivity contribution in [2.75, 3.05) is 0 Å². The molecule has 5 heteroatoms. The molecular weight excluding hydrogens is 204 g/mol. The maximum absolute atomic E-state index is 10.8. The highest BCUT2D eigenvalue weighted by Gasteiger charge is 1.89. The Bertz CT molecular complexity index is 583. The number of para-hydroxylation sites is 1. The van der Waals surface area contributed by atoms with E-state index < -0.39 is 0 Å². The minimum Gasteiger partial charge on any atom is -0.322 e. The Labute approximate surface area is 91.1 Å². The topological polar surface area (TPSA) is 74.4 Å². The van der Waals surface area contributed by atoms with E-state index in [0.717, 1.165) is 10.9 Å². The molecule has 0 spiro atoms. The molecule has 0 bridgehead atoms. The van der Waals surface area contributed by atoms with Crippen molar-refractivity contribution in [2.45, 2.75) is 0 Å². The Morgan fingerprint density at radius 3 is 2.62 bits per heavy atom. The SMILES string of the molecule is O=c1ccc2ccccc2[nH]1.c1c[nH]nn1. The van der Waals surface area contributed by atoms with Crippen LogP contribution in [0, 0.1) is 0 Å². The minimum absolute atomic E-state index is 0.0521. The lowest BCUT2D eigenvalue weighted by atomic mass is 10.2. The molecule has 0 aliphatic heterocycles. The van der Waals surface area contributed by atoms with Gasteiger partial charge in [-0.2, -0.15) is 0 Å². The van der Waals surface area contributed by atoms with Gasteiger partial charge < -0.3 is 4.98 Å². The second-order valence-electron chi connectivity index (χ2n) is 3.07. The van der Waals surface area contributed by atoms with Crippen molar-refractivity contribution in [2.24, 2.45) is 0 Å². The number of fused-ring (bicyclic) bond motifs is 1. The van der Waals surface area contributed by atoms with E-state index in [-0.39, 0.29) is 5.56 Å². The van der Waals surface area contributed by atoms with E-state index in [1.165, 1.54) is 6.07 Å². The van der Waals surface area contributed by atoms with Gasteiger partial charge in [-0.05, 0) is 17.5 Å². The third kappa shape index (κ3) is 2.54. The summed E-state index contributed by atoms with van der Waals surface area (Å²) in [6.45, 7) is 0. The molecule has 5 nitrogen and oxygen atoms in total. The van der Waals surface area contributed by atoms with Gasteiger partial charge in [-0.25, -0.2) is 0 Å². The van der Waals surface area contributed by atoms with E-state index in [2.05, 4.69) is 20.4 Å². The van der Waals surface area contributed by atoms with E-state index >= 15 is 0 Å². The molecule has 0 aliphatic rings. The average Bonchev–Trinajstić information content (AvgIpc) is 2.87. The summed E-state index contributed by atoms with van der Waals surface area (Å²) in [5, 5.41) is 10.3. The van der Waals surface area contributed by atoms with E-state index in [1.54, 1.807) is 12.4 Å². The zero-order valence-corrected chi connectivity index (χ0v) is 8.42. The van der Waals surface area contributed by atoms with E-state index in [9.17, 15) is 4.79 Å². The Morgan fingerprint density at radius 1 is 1.06 bits per heavy atom. The van der Waals surface area contributed by atoms with Crippen LogP contribution >= 0.6 is 0 Å². The molecule has 0 unspecified atom stereocenters. The highest BCUT2D eigenvalue weighted by Crippen LogP contribution is 2.06. The van der Waals surface area contributed by atoms with Crippen LogP contribution in [0.2, 0.25) is 0 Å². The van der Waals surface area contributed by atoms with Crippen LogP contribution in [0.4, 0.5) is 0 Å². The molecule has 80 valence electrons. The standard InChI is InChI=1S/C9H7NO.C2H3N3/c11-9-6-5-7-3-1-2-4-8(7)10-9;1-2-4-5-3-1/h1-6H,(H,10,11);1-2H,(H,3,4,5). The van der Waals surface area contributed by atoms with Crippen LogP contribution in [0.15, 0.2) is 53.6 Å². The van der Waals surface area contributed by atoms with Crippen LogP contribution in [0.25, 0.3) is 10.9 Å². The number of hydrogen-bond acceptors (Lipinski definition) is 3. The monoisotopic (exact) mass is 214 g/mol. The van der Waals surface area contributed by atoms with Crippen molar-refractivity contribution in [3.63, 3.8) is 0 Å². The number of hydrogen-bond donors (Lipinski definition) is 2. The molecular formula is C11H10N4O. The molecule has 2 aromatic heterocycles. The third-order valence-electron chi connectivity index (χ3n) is 1.96. The summed E-state index contributed by atoms with van der Waals surface area (Å²) in [6, 6.07) is 11.0. The van der Waals surface area contributed by atoms with Gasteiger partial charge in [0, 0.05) is 17.8 Å². The second-order valence-corrected chi connectivity index (χ2v) is 3.07. The van der Waals surface area contributed by atoms with Crippen molar-refractivity contribution in [1.29, 1.82) is 0 Å². The van der Waals surface area contributed by atoms with Crippen LogP contribution < -0.4 is 5.56 Å². The quantitative estimate of drug-likeness (QED) is 0.593. The van der Waals surface area contributed by atoms with E-state index in [0.29, 0.717) is 0 Å². The highest BCUT2D eigenvalue weighted by atomic mass is 16.1. The van der Waals surface area contributed by atoms with Gasteiger partial charge in [0.1, 0.15) is 0 Å². The second kappa shape index (κ2) is 4.88. The number of benzene rings is 1. The first-order valence-corrected chi connectivity index (χ1v) is 4.75. The fourth-order valence-corrected chi connectivity index (χ4v) is 1.26. The normalized spacial score (nSPS) is 9.50. The van der Waals surface area contributed by atoms with Gasteiger partial charge in [0.05, 0.1) is 6.20 Å². The molecule has 0 saturated carbocycles. The Hall–Kier alpha value is -2.43. The zero-order chi connectivity index (χ0) is 11.2. The highest BCUT2D eigenvalue weighted by molar-refractivity contribution is 5.77. The maximum atomic E-state index is 10.8. The first-order chi connectivity index (χ1) is 7.86. The summed E-state index contributed by atoms with van der Waals surface area (Å²) < 4.78 is 0. The average molecular weight is 214 g/mol. The predicted octanol–water partition coefficient (Wildman–Crippen LogP) is 1.33. The molecule has 0 amide bonds. The van der Waals surface area contributed by atoms with E-state index in [4.69, 9.17) is 0 Å². The van der Waals surface area contributed by atoms with Gasteiger partial charge in [0.25, 0.3) is 0 Å². The minimum atomic E-state index is -0.0521. The summed E-state index contributed by atoms with van der Waals surface area (Å²) in [6.07, 6.45) is 3.24. The molecule has 3 rings (SSSR count). The fraction of sp³-hybridized carbons (Fsp3) is 0. The Balaban J connectivity index is 0.000000162. The van der Waals surface area contributed by atoms with Crippen LogP contribution in [0.5, 0.6) is 0 Å². The maximum Gasteiger partial charge on any atom is 0.248 e. The summed E-state index contributed by atoms with van der Waals surface area (Å²) in [7, 11) is 0. The van der Waals surface area contributed by atoms with Crippen molar-refractivity contribution < 1.29 is 0 Å². The summed E-state index contributed by atoms with van der Waals surface area (Å²) in [5.74, 6) is 0. The smallest absolute Gasteiger partial charge is 0.248 e. The molecule has 0 radical (unpaired) electrons. The molecule has 16 heavy (non-hydrogen) atoms. The predicted molar refractivity (Wildman–Crippen MR) is 61.0 cm³/mol. The van der Waals surface area contributed by atoms with Gasteiger partial charge in [-0.15, -0.1) is 5.10 Å². The van der Waals surface area contributed by atoms with Gasteiger partial charge >= 0.3 is 0 Å². The molecule has 0 aliphatic carbocycles. The number of aromatic amines is 2. The number of rotatable bonds is 0. The number of nitrogens with zero attached hydrogens (tertiary/aromatic N) is 2. The molecule has 3 aromatic rings. The Kier molecular flexibility index (Phi) is 3.08. The lowest BCUT2D eigenvalue weighted by molar-refractivity contribution is 0.940. The lowest BCUT2D eigenvalue weighted by Crippen LogP contribution is -2.01. The van der Waals surface area contributed by atoms with Crippen LogP contribution in [-0.4, -0.2) is 20.4 Å². The van der Waals surface area contributed by atoms with Crippen LogP contribution in [0.1, 0.15) is 0 Å². The van der Waals surface area contributed by atoms with E-state index in [1.807, 2.05) is 30.3 Å². The summed E-state index contributed by atoms with van der Waals surface area (Å²) in [5.41, 5.74) is 0.837. The molecule has 0 atom stereocenters. The third-order valence-corrected chi connectivity index (χ3v) is 1.96.